The number of amides is 1. The fraction of sp³-hybridized carbons (Fsp3) is 0.500. The van der Waals surface area contributed by atoms with Gasteiger partial charge >= 0.3 is 0 Å². The van der Waals surface area contributed by atoms with Crippen molar-refractivity contribution in [2.45, 2.75) is 25.3 Å². The Labute approximate surface area is 134 Å². The molecule has 1 heterocycles. The van der Waals surface area contributed by atoms with E-state index >= 15 is 0 Å². The van der Waals surface area contributed by atoms with Gasteiger partial charge in [0.25, 0.3) is 0 Å². The van der Waals surface area contributed by atoms with Gasteiger partial charge in [0, 0.05) is 24.0 Å². The summed E-state index contributed by atoms with van der Waals surface area (Å²) in [5.41, 5.74) is 6.54. The SMILES string of the molecule is Nc1cc(Cl)cc(Cl)c1NC(=O)CCN1CCCC1CO. The Hall–Kier alpha value is -1.01. The van der Waals surface area contributed by atoms with Gasteiger partial charge in [0.2, 0.25) is 5.91 Å². The molecular formula is C14H19Cl2N3O2. The summed E-state index contributed by atoms with van der Waals surface area (Å²) >= 11 is 11.9. The van der Waals surface area contributed by atoms with Crippen molar-refractivity contribution in [2.75, 3.05) is 30.7 Å². The minimum absolute atomic E-state index is 0.136. The van der Waals surface area contributed by atoms with Crippen LogP contribution in [0.4, 0.5) is 11.4 Å². The minimum atomic E-state index is -0.158. The highest BCUT2D eigenvalue weighted by atomic mass is 35.5. The van der Waals surface area contributed by atoms with Crippen molar-refractivity contribution in [3.8, 4) is 0 Å². The molecule has 1 aromatic rings. The molecule has 0 bridgehead atoms. The van der Waals surface area contributed by atoms with Crippen LogP contribution in [0.1, 0.15) is 19.3 Å². The summed E-state index contributed by atoms with van der Waals surface area (Å²) in [5.74, 6) is -0.158. The normalized spacial score (nSPS) is 18.9. The fourth-order valence-electron chi connectivity index (χ4n) is 2.57. The first-order valence-corrected chi connectivity index (χ1v) is 7.66. The van der Waals surface area contributed by atoms with Crippen LogP contribution in [0.15, 0.2) is 12.1 Å². The van der Waals surface area contributed by atoms with Crippen molar-refractivity contribution < 1.29 is 9.90 Å². The fourth-order valence-corrected chi connectivity index (χ4v) is 3.13. The molecule has 116 valence electrons. The molecule has 1 fully saturated rings. The van der Waals surface area contributed by atoms with E-state index in [0.29, 0.717) is 34.4 Å². The summed E-state index contributed by atoms with van der Waals surface area (Å²) in [4.78, 5) is 14.1. The van der Waals surface area contributed by atoms with Crippen LogP contribution in [0.2, 0.25) is 10.0 Å². The minimum Gasteiger partial charge on any atom is -0.397 e. The van der Waals surface area contributed by atoms with Crippen LogP contribution in [-0.4, -0.2) is 41.7 Å². The van der Waals surface area contributed by atoms with Crippen LogP contribution < -0.4 is 11.1 Å². The predicted molar refractivity (Wildman–Crippen MR) is 85.8 cm³/mol. The topological polar surface area (TPSA) is 78.6 Å². The van der Waals surface area contributed by atoms with Crippen LogP contribution in [0.5, 0.6) is 0 Å². The largest absolute Gasteiger partial charge is 0.397 e. The number of nitrogens with one attached hydrogen (secondary N) is 1. The Balaban J connectivity index is 1.90. The van der Waals surface area contributed by atoms with E-state index in [-0.39, 0.29) is 18.6 Å². The average molecular weight is 332 g/mol. The highest BCUT2D eigenvalue weighted by Gasteiger charge is 2.23. The maximum absolute atomic E-state index is 12.0. The lowest BCUT2D eigenvalue weighted by Crippen LogP contribution is -2.34. The number of nitrogen functional groups attached to an aromatic ring is 1. The second-order valence-corrected chi connectivity index (χ2v) is 6.01. The van der Waals surface area contributed by atoms with Crippen molar-refractivity contribution in [1.82, 2.24) is 4.90 Å². The van der Waals surface area contributed by atoms with E-state index in [4.69, 9.17) is 28.9 Å². The summed E-state index contributed by atoms with van der Waals surface area (Å²) in [6.07, 6.45) is 2.37. The first-order valence-electron chi connectivity index (χ1n) is 6.90. The van der Waals surface area contributed by atoms with Crippen molar-refractivity contribution in [2.24, 2.45) is 0 Å². The standard InChI is InChI=1S/C14H19Cl2N3O2/c15-9-6-11(16)14(12(17)7-9)18-13(21)3-5-19-4-1-2-10(19)8-20/h6-7,10,20H,1-5,8,17H2,(H,18,21). The predicted octanol–water partition coefficient (Wildman–Crippen LogP) is 2.36. The maximum atomic E-state index is 12.0. The summed E-state index contributed by atoms with van der Waals surface area (Å²) in [6, 6.07) is 3.25. The average Bonchev–Trinajstić information content (AvgIpc) is 2.88. The third-order valence-electron chi connectivity index (χ3n) is 3.69. The van der Waals surface area contributed by atoms with Crippen molar-refractivity contribution in [3.05, 3.63) is 22.2 Å². The van der Waals surface area contributed by atoms with Gasteiger partial charge in [-0.15, -0.1) is 0 Å². The Morgan fingerprint density at radius 1 is 1.48 bits per heavy atom. The van der Waals surface area contributed by atoms with Crippen molar-refractivity contribution >= 4 is 40.5 Å². The summed E-state index contributed by atoms with van der Waals surface area (Å²) in [6.45, 7) is 1.67. The lowest BCUT2D eigenvalue weighted by atomic mass is 10.2. The Bertz CT molecular complexity index is 502. The second kappa shape index (κ2) is 7.31. The van der Waals surface area contributed by atoms with Crippen LogP contribution in [-0.2, 0) is 4.79 Å². The molecule has 1 aromatic carbocycles. The maximum Gasteiger partial charge on any atom is 0.225 e. The molecule has 1 aliphatic rings. The molecule has 0 spiro atoms. The Morgan fingerprint density at radius 3 is 2.90 bits per heavy atom. The van der Waals surface area contributed by atoms with E-state index in [9.17, 15) is 9.90 Å². The Kier molecular flexibility index (Phi) is 5.70. The number of nitrogens with zero attached hydrogens (tertiary/aromatic N) is 1. The van der Waals surface area contributed by atoms with Gasteiger partial charge in [-0.3, -0.25) is 9.69 Å². The molecule has 1 unspecified atom stereocenters. The molecule has 1 atom stereocenters. The zero-order chi connectivity index (χ0) is 15.4. The quantitative estimate of drug-likeness (QED) is 0.724. The number of aliphatic hydroxyl groups is 1. The summed E-state index contributed by atoms with van der Waals surface area (Å²) < 4.78 is 0. The third-order valence-corrected chi connectivity index (χ3v) is 4.20. The molecule has 2 rings (SSSR count). The molecule has 1 amide bonds. The number of rotatable bonds is 5. The summed E-state index contributed by atoms with van der Waals surface area (Å²) in [5, 5.41) is 12.7. The van der Waals surface area contributed by atoms with Crippen molar-refractivity contribution in [1.29, 1.82) is 0 Å². The smallest absolute Gasteiger partial charge is 0.225 e. The number of aliphatic hydroxyl groups excluding tert-OH is 1. The number of hydrogen-bond donors (Lipinski definition) is 3. The molecule has 1 aliphatic heterocycles. The molecule has 0 saturated carbocycles. The van der Waals surface area contributed by atoms with Crippen LogP contribution >= 0.6 is 23.2 Å². The van der Waals surface area contributed by atoms with Gasteiger partial charge in [-0.05, 0) is 31.5 Å². The number of carbonyl (C=O) groups excluding carboxylic acids is 1. The zero-order valence-electron chi connectivity index (χ0n) is 11.6. The van der Waals surface area contributed by atoms with Crippen LogP contribution in [0.25, 0.3) is 0 Å². The van der Waals surface area contributed by atoms with E-state index in [2.05, 4.69) is 10.2 Å². The van der Waals surface area contributed by atoms with Gasteiger partial charge in [-0.2, -0.15) is 0 Å². The lowest BCUT2D eigenvalue weighted by Gasteiger charge is -2.22. The molecule has 0 aliphatic carbocycles. The summed E-state index contributed by atoms with van der Waals surface area (Å²) in [7, 11) is 0. The lowest BCUT2D eigenvalue weighted by molar-refractivity contribution is -0.116. The number of likely N-dealkylation sites (tertiary alicyclic amines) is 1. The molecule has 1 saturated heterocycles. The third kappa shape index (κ3) is 4.23. The highest BCUT2D eigenvalue weighted by molar-refractivity contribution is 6.37. The monoisotopic (exact) mass is 331 g/mol. The van der Waals surface area contributed by atoms with Gasteiger partial charge in [0.15, 0.2) is 0 Å². The van der Waals surface area contributed by atoms with E-state index < -0.39 is 0 Å². The van der Waals surface area contributed by atoms with E-state index in [0.717, 1.165) is 19.4 Å². The first kappa shape index (κ1) is 16.4. The molecule has 21 heavy (non-hydrogen) atoms. The van der Waals surface area contributed by atoms with Gasteiger partial charge in [0.05, 0.1) is 23.0 Å². The number of halogens is 2. The van der Waals surface area contributed by atoms with E-state index in [1.54, 1.807) is 6.07 Å². The van der Waals surface area contributed by atoms with Crippen LogP contribution in [0, 0.1) is 0 Å². The second-order valence-electron chi connectivity index (χ2n) is 5.16. The molecule has 7 heteroatoms. The number of anilines is 2. The van der Waals surface area contributed by atoms with Gasteiger partial charge < -0.3 is 16.2 Å². The zero-order valence-corrected chi connectivity index (χ0v) is 13.1. The molecule has 0 aromatic heterocycles. The molecular weight excluding hydrogens is 313 g/mol. The van der Waals surface area contributed by atoms with Gasteiger partial charge in [-0.25, -0.2) is 0 Å². The number of benzene rings is 1. The van der Waals surface area contributed by atoms with E-state index in [1.165, 1.54) is 6.07 Å². The molecule has 0 radical (unpaired) electrons. The van der Waals surface area contributed by atoms with Crippen molar-refractivity contribution in [3.63, 3.8) is 0 Å². The molecule has 4 N–H and O–H groups in total. The Morgan fingerprint density at radius 2 is 2.24 bits per heavy atom. The van der Waals surface area contributed by atoms with E-state index in [1.807, 2.05) is 0 Å². The van der Waals surface area contributed by atoms with Crippen LogP contribution in [0.3, 0.4) is 0 Å². The number of hydrogen-bond acceptors (Lipinski definition) is 4. The molecule has 5 nitrogen and oxygen atoms in total. The number of carbonyl (C=O) groups is 1. The highest BCUT2D eigenvalue weighted by Crippen LogP contribution is 2.32. The first-order chi connectivity index (χ1) is 10.0. The van der Waals surface area contributed by atoms with Gasteiger partial charge in [0.1, 0.15) is 0 Å². The van der Waals surface area contributed by atoms with Gasteiger partial charge in [-0.1, -0.05) is 23.2 Å². The number of nitrogens with two attached hydrogens (primary N) is 1.